The van der Waals surface area contributed by atoms with E-state index in [-0.39, 0.29) is 5.82 Å². The SMILES string of the molecule is COc1ccc(C=Cc2nc(O)c([N+](=O)[O-])c(=O)[nH]2)cc1I. The largest absolute Gasteiger partial charge is 0.496 e. The van der Waals surface area contributed by atoms with Crippen LogP contribution in [0.2, 0.25) is 0 Å². The predicted molar refractivity (Wildman–Crippen MR) is 87.8 cm³/mol. The number of benzene rings is 1. The maximum atomic E-state index is 11.5. The van der Waals surface area contributed by atoms with Gasteiger partial charge in [0.15, 0.2) is 0 Å². The van der Waals surface area contributed by atoms with Crippen LogP contribution in [-0.4, -0.2) is 27.1 Å². The van der Waals surface area contributed by atoms with Crippen LogP contribution in [0.5, 0.6) is 11.6 Å². The fourth-order valence-electron chi connectivity index (χ4n) is 1.68. The lowest BCUT2D eigenvalue weighted by atomic mass is 10.2. The van der Waals surface area contributed by atoms with Crippen molar-refractivity contribution in [2.45, 2.75) is 0 Å². The molecule has 2 aromatic rings. The molecule has 0 saturated carbocycles. The van der Waals surface area contributed by atoms with Crippen LogP contribution in [0.1, 0.15) is 11.4 Å². The van der Waals surface area contributed by atoms with E-state index in [2.05, 4.69) is 32.6 Å². The number of ether oxygens (including phenoxy) is 1. The normalized spacial score (nSPS) is 10.8. The summed E-state index contributed by atoms with van der Waals surface area (Å²) in [5.41, 5.74) is -1.18. The van der Waals surface area contributed by atoms with Crippen molar-refractivity contribution in [3.8, 4) is 11.6 Å². The van der Waals surface area contributed by atoms with Gasteiger partial charge in [-0.25, -0.2) is 0 Å². The Bertz CT molecular complexity index is 816. The molecule has 1 heterocycles. The molecule has 0 aliphatic heterocycles. The summed E-state index contributed by atoms with van der Waals surface area (Å²) in [5.74, 6) is -0.172. The van der Waals surface area contributed by atoms with Crippen molar-refractivity contribution in [1.82, 2.24) is 9.97 Å². The van der Waals surface area contributed by atoms with E-state index in [1.807, 2.05) is 6.07 Å². The Hall–Kier alpha value is -2.43. The van der Waals surface area contributed by atoms with Gasteiger partial charge in [0.25, 0.3) is 5.88 Å². The molecule has 114 valence electrons. The second kappa shape index (κ2) is 6.56. The number of halogens is 1. The number of aromatic amines is 1. The van der Waals surface area contributed by atoms with Crippen LogP contribution >= 0.6 is 22.6 Å². The average Bonchev–Trinajstić information content (AvgIpc) is 2.44. The maximum absolute atomic E-state index is 11.5. The molecule has 2 rings (SSSR count). The van der Waals surface area contributed by atoms with Gasteiger partial charge in [0.05, 0.1) is 15.6 Å². The summed E-state index contributed by atoms with van der Waals surface area (Å²) in [6, 6.07) is 5.42. The number of hydrogen-bond acceptors (Lipinski definition) is 6. The van der Waals surface area contributed by atoms with Crippen molar-refractivity contribution >= 4 is 40.4 Å². The van der Waals surface area contributed by atoms with Crippen molar-refractivity contribution in [3.63, 3.8) is 0 Å². The minimum absolute atomic E-state index is 0.0129. The Morgan fingerprint density at radius 2 is 2.18 bits per heavy atom. The average molecular weight is 415 g/mol. The second-order valence-electron chi connectivity index (χ2n) is 4.11. The number of aromatic nitrogens is 2. The Labute approximate surface area is 137 Å². The van der Waals surface area contributed by atoms with Gasteiger partial charge in [-0.05, 0) is 46.4 Å². The van der Waals surface area contributed by atoms with Crippen molar-refractivity contribution in [2.75, 3.05) is 7.11 Å². The number of methoxy groups -OCH3 is 1. The molecule has 2 N–H and O–H groups in total. The summed E-state index contributed by atoms with van der Waals surface area (Å²) in [6.07, 6.45) is 3.08. The topological polar surface area (TPSA) is 118 Å². The summed E-state index contributed by atoms with van der Waals surface area (Å²) in [5, 5.41) is 20.0. The Balaban J connectivity index is 2.33. The molecule has 1 aromatic heterocycles. The summed E-state index contributed by atoms with van der Waals surface area (Å²) in [6.45, 7) is 0. The first-order chi connectivity index (χ1) is 10.4. The summed E-state index contributed by atoms with van der Waals surface area (Å²) >= 11 is 2.12. The molecule has 0 amide bonds. The zero-order valence-corrected chi connectivity index (χ0v) is 13.4. The molecular weight excluding hydrogens is 405 g/mol. The van der Waals surface area contributed by atoms with Crippen LogP contribution in [0.25, 0.3) is 12.2 Å². The van der Waals surface area contributed by atoms with Crippen molar-refractivity contribution in [1.29, 1.82) is 0 Å². The molecule has 0 radical (unpaired) electrons. The van der Waals surface area contributed by atoms with Crippen LogP contribution < -0.4 is 10.3 Å². The first kappa shape index (κ1) is 15.9. The minimum atomic E-state index is -1.01. The molecule has 22 heavy (non-hydrogen) atoms. The quantitative estimate of drug-likeness (QED) is 0.449. The number of nitrogens with one attached hydrogen (secondary N) is 1. The molecule has 0 fully saturated rings. The molecule has 8 nitrogen and oxygen atoms in total. The van der Waals surface area contributed by atoms with Crippen LogP contribution in [0, 0.1) is 13.7 Å². The fourth-order valence-corrected chi connectivity index (χ4v) is 2.44. The molecular formula is C13H10IN3O5. The van der Waals surface area contributed by atoms with Gasteiger partial charge in [0.2, 0.25) is 0 Å². The molecule has 9 heteroatoms. The molecule has 0 aliphatic carbocycles. The molecule has 1 aromatic carbocycles. The number of H-pyrrole nitrogens is 1. The second-order valence-corrected chi connectivity index (χ2v) is 5.27. The van der Waals surface area contributed by atoms with E-state index in [9.17, 15) is 20.0 Å². The van der Waals surface area contributed by atoms with E-state index in [1.54, 1.807) is 25.3 Å². The number of nitrogens with zero attached hydrogens (tertiary/aromatic N) is 2. The Morgan fingerprint density at radius 3 is 2.73 bits per heavy atom. The number of rotatable bonds is 4. The molecule has 0 bridgehead atoms. The third-order valence-electron chi connectivity index (χ3n) is 2.69. The van der Waals surface area contributed by atoms with Crippen molar-refractivity contribution < 1.29 is 14.8 Å². The molecule has 0 saturated heterocycles. The first-order valence-electron chi connectivity index (χ1n) is 5.91. The van der Waals surface area contributed by atoms with Gasteiger partial charge in [-0.2, -0.15) is 4.98 Å². The van der Waals surface area contributed by atoms with E-state index in [1.165, 1.54) is 6.08 Å². The van der Waals surface area contributed by atoms with Gasteiger partial charge in [-0.15, -0.1) is 0 Å². The van der Waals surface area contributed by atoms with Crippen molar-refractivity contribution in [3.05, 3.63) is 53.6 Å². The maximum Gasteiger partial charge on any atom is 0.395 e. The molecule has 0 aliphatic rings. The highest BCUT2D eigenvalue weighted by Crippen LogP contribution is 2.22. The van der Waals surface area contributed by atoms with Crippen LogP contribution in [0.4, 0.5) is 5.69 Å². The zero-order valence-electron chi connectivity index (χ0n) is 11.2. The minimum Gasteiger partial charge on any atom is -0.496 e. The third kappa shape index (κ3) is 3.42. The van der Waals surface area contributed by atoms with E-state index < -0.39 is 22.0 Å². The monoisotopic (exact) mass is 415 g/mol. The molecule has 0 atom stereocenters. The smallest absolute Gasteiger partial charge is 0.395 e. The number of aromatic hydroxyl groups is 1. The van der Waals surface area contributed by atoms with Gasteiger partial charge in [-0.3, -0.25) is 14.9 Å². The zero-order chi connectivity index (χ0) is 16.3. The molecule has 0 spiro atoms. The standard InChI is InChI=1S/C13H10IN3O5/c1-22-9-4-2-7(6-8(9)14)3-5-10-15-12(18)11(17(20)21)13(19)16-10/h2-6H,1H3,(H2,15,16,18,19). The Kier molecular flexibility index (Phi) is 4.75. The first-order valence-corrected chi connectivity index (χ1v) is 6.99. The highest BCUT2D eigenvalue weighted by Gasteiger charge is 2.21. The summed E-state index contributed by atoms with van der Waals surface area (Å²) in [7, 11) is 1.57. The van der Waals surface area contributed by atoms with Crippen LogP contribution in [0.15, 0.2) is 23.0 Å². The number of nitro groups is 1. The number of hydrogen-bond donors (Lipinski definition) is 2. The van der Waals surface area contributed by atoms with Gasteiger partial charge < -0.3 is 14.8 Å². The van der Waals surface area contributed by atoms with Crippen molar-refractivity contribution in [2.24, 2.45) is 0 Å². The van der Waals surface area contributed by atoms with E-state index in [4.69, 9.17) is 4.74 Å². The lowest BCUT2D eigenvalue weighted by Crippen LogP contribution is -2.14. The van der Waals surface area contributed by atoms with E-state index in [0.717, 1.165) is 14.9 Å². The van der Waals surface area contributed by atoms with Gasteiger partial charge >= 0.3 is 11.2 Å². The lowest BCUT2D eigenvalue weighted by molar-refractivity contribution is -0.387. The fraction of sp³-hybridized carbons (Fsp3) is 0.0769. The van der Waals surface area contributed by atoms with Crippen LogP contribution in [-0.2, 0) is 0 Å². The van der Waals surface area contributed by atoms with Gasteiger partial charge in [0, 0.05) is 0 Å². The third-order valence-corrected chi connectivity index (χ3v) is 3.53. The summed E-state index contributed by atoms with van der Waals surface area (Å²) < 4.78 is 6.04. The van der Waals surface area contributed by atoms with Gasteiger partial charge in [-0.1, -0.05) is 12.1 Å². The Morgan fingerprint density at radius 1 is 1.45 bits per heavy atom. The van der Waals surface area contributed by atoms with E-state index >= 15 is 0 Å². The van der Waals surface area contributed by atoms with Crippen LogP contribution in [0.3, 0.4) is 0 Å². The highest BCUT2D eigenvalue weighted by molar-refractivity contribution is 14.1. The summed E-state index contributed by atoms with van der Waals surface area (Å²) in [4.78, 5) is 26.9. The highest BCUT2D eigenvalue weighted by atomic mass is 127. The molecule has 0 unspecified atom stereocenters. The van der Waals surface area contributed by atoms with E-state index in [0.29, 0.717) is 0 Å². The lowest BCUT2D eigenvalue weighted by Gasteiger charge is -2.03. The predicted octanol–water partition coefficient (Wildman–Crippen LogP) is 2.17. The van der Waals surface area contributed by atoms with Gasteiger partial charge in [0.1, 0.15) is 11.6 Å².